The Kier molecular flexibility index (Phi) is 11.5. The lowest BCUT2D eigenvalue weighted by Gasteiger charge is -2.11. The first kappa shape index (κ1) is 27.5. The minimum absolute atomic E-state index is 0.0661. The Bertz CT molecular complexity index is 1020. The van der Waals surface area contributed by atoms with E-state index in [2.05, 4.69) is 31.2 Å². The van der Waals surface area contributed by atoms with E-state index in [-0.39, 0.29) is 12.1 Å². The van der Waals surface area contributed by atoms with Crippen LogP contribution in [0, 0.1) is 0 Å². The van der Waals surface area contributed by atoms with Crippen molar-refractivity contribution in [2.24, 2.45) is 0 Å². The fourth-order valence-corrected chi connectivity index (χ4v) is 4.08. The van der Waals surface area contributed by atoms with E-state index in [1.165, 1.54) is 44.9 Å². The fourth-order valence-electron chi connectivity index (χ4n) is 4.08. The zero-order valence-corrected chi connectivity index (χ0v) is 22.0. The fraction of sp³-hybridized carbons (Fsp3) is 0.406. The molecule has 192 valence electrons. The molecule has 0 amide bonds. The Labute approximate surface area is 216 Å². The van der Waals surface area contributed by atoms with Crippen LogP contribution in [-0.4, -0.2) is 19.7 Å². The predicted molar refractivity (Wildman–Crippen MR) is 147 cm³/mol. The molecule has 0 aliphatic heterocycles. The Morgan fingerprint density at radius 1 is 0.694 bits per heavy atom. The van der Waals surface area contributed by atoms with E-state index in [9.17, 15) is 4.79 Å². The van der Waals surface area contributed by atoms with Gasteiger partial charge in [-0.05, 0) is 66.4 Å². The number of rotatable bonds is 15. The van der Waals surface area contributed by atoms with Crippen molar-refractivity contribution >= 4 is 5.97 Å². The van der Waals surface area contributed by atoms with Crippen molar-refractivity contribution < 1.29 is 19.0 Å². The average Bonchev–Trinajstić information content (AvgIpc) is 2.92. The van der Waals surface area contributed by atoms with Crippen molar-refractivity contribution in [3.8, 4) is 22.6 Å². The SMILES string of the molecule is CCCCCCCCCCOc1ccc(C(=O)Oc2ccc(-c3ccc(C(C)OC)cc3)cc2)cc1. The molecule has 0 aliphatic carbocycles. The second-order valence-corrected chi connectivity index (χ2v) is 9.26. The summed E-state index contributed by atoms with van der Waals surface area (Å²) in [7, 11) is 1.71. The summed E-state index contributed by atoms with van der Waals surface area (Å²) < 4.78 is 16.8. The van der Waals surface area contributed by atoms with Crippen molar-refractivity contribution in [3.63, 3.8) is 0 Å². The smallest absolute Gasteiger partial charge is 0.343 e. The van der Waals surface area contributed by atoms with Crippen molar-refractivity contribution in [1.82, 2.24) is 0 Å². The third-order valence-corrected chi connectivity index (χ3v) is 6.49. The molecule has 0 heterocycles. The normalized spacial score (nSPS) is 11.8. The van der Waals surface area contributed by atoms with Crippen LogP contribution in [0.5, 0.6) is 11.5 Å². The van der Waals surface area contributed by atoms with Crippen LogP contribution in [0.4, 0.5) is 0 Å². The van der Waals surface area contributed by atoms with Crippen LogP contribution in [-0.2, 0) is 4.74 Å². The molecule has 1 unspecified atom stereocenters. The van der Waals surface area contributed by atoms with Crippen molar-refractivity contribution in [1.29, 1.82) is 0 Å². The standard InChI is InChI=1S/C32H40O4/c1-4-5-6-7-8-9-10-11-24-35-30-20-18-29(19-21-30)32(33)36-31-22-16-28(17-23-31)27-14-12-26(13-15-27)25(2)34-3/h12-23,25H,4-11,24H2,1-3H3. The quantitative estimate of drug-likeness (QED) is 0.122. The van der Waals surface area contributed by atoms with Gasteiger partial charge in [-0.3, -0.25) is 0 Å². The van der Waals surface area contributed by atoms with Gasteiger partial charge in [0.1, 0.15) is 11.5 Å². The predicted octanol–water partition coefficient (Wildman–Crippen LogP) is 8.80. The largest absolute Gasteiger partial charge is 0.494 e. The summed E-state index contributed by atoms with van der Waals surface area (Å²) >= 11 is 0. The number of hydrogen-bond donors (Lipinski definition) is 0. The van der Waals surface area contributed by atoms with E-state index >= 15 is 0 Å². The minimum atomic E-state index is -0.379. The van der Waals surface area contributed by atoms with Gasteiger partial charge in [0.25, 0.3) is 0 Å². The van der Waals surface area contributed by atoms with Crippen molar-refractivity contribution in [2.75, 3.05) is 13.7 Å². The number of esters is 1. The Morgan fingerprint density at radius 3 is 1.81 bits per heavy atom. The molecule has 0 aliphatic rings. The number of carbonyl (C=O) groups is 1. The maximum absolute atomic E-state index is 12.6. The van der Waals surface area contributed by atoms with E-state index in [0.29, 0.717) is 17.9 Å². The zero-order valence-electron chi connectivity index (χ0n) is 22.0. The maximum atomic E-state index is 12.6. The summed E-state index contributed by atoms with van der Waals surface area (Å²) in [5, 5.41) is 0. The topological polar surface area (TPSA) is 44.8 Å². The first-order valence-corrected chi connectivity index (χ1v) is 13.3. The number of ether oxygens (including phenoxy) is 3. The molecule has 1 atom stereocenters. The first-order chi connectivity index (χ1) is 17.6. The van der Waals surface area contributed by atoms with E-state index in [4.69, 9.17) is 14.2 Å². The molecule has 0 spiro atoms. The molecule has 3 rings (SSSR count). The lowest BCUT2D eigenvalue weighted by molar-refractivity contribution is 0.0734. The van der Waals surface area contributed by atoms with Gasteiger partial charge in [0.05, 0.1) is 18.3 Å². The van der Waals surface area contributed by atoms with Gasteiger partial charge in [0.2, 0.25) is 0 Å². The molecule has 3 aromatic rings. The molecule has 0 aromatic heterocycles. The summed E-state index contributed by atoms with van der Waals surface area (Å²) in [4.78, 5) is 12.6. The molecule has 36 heavy (non-hydrogen) atoms. The molecule has 4 heteroatoms. The number of carbonyl (C=O) groups excluding carboxylic acids is 1. The summed E-state index contributed by atoms with van der Waals surface area (Å²) in [6.07, 6.45) is 10.3. The molecule has 0 fully saturated rings. The second kappa shape index (κ2) is 15.1. The van der Waals surface area contributed by atoms with Crippen molar-refractivity contribution in [2.45, 2.75) is 71.3 Å². The molecular weight excluding hydrogens is 448 g/mol. The van der Waals surface area contributed by atoms with Gasteiger partial charge >= 0.3 is 5.97 Å². The molecular formula is C32H40O4. The van der Waals surface area contributed by atoms with Crippen LogP contribution in [0.3, 0.4) is 0 Å². The summed E-state index contributed by atoms with van der Waals surface area (Å²) in [6, 6.07) is 23.0. The van der Waals surface area contributed by atoms with Crippen LogP contribution < -0.4 is 9.47 Å². The zero-order chi connectivity index (χ0) is 25.6. The monoisotopic (exact) mass is 488 g/mol. The molecule has 0 radical (unpaired) electrons. The van der Waals surface area contributed by atoms with E-state index in [1.807, 2.05) is 43.3 Å². The average molecular weight is 489 g/mol. The minimum Gasteiger partial charge on any atom is -0.494 e. The first-order valence-electron chi connectivity index (χ1n) is 13.3. The molecule has 0 N–H and O–H groups in total. The van der Waals surface area contributed by atoms with E-state index in [0.717, 1.165) is 28.9 Å². The van der Waals surface area contributed by atoms with E-state index in [1.54, 1.807) is 19.2 Å². The van der Waals surface area contributed by atoms with Crippen LogP contribution >= 0.6 is 0 Å². The highest BCUT2D eigenvalue weighted by molar-refractivity contribution is 5.91. The molecule has 0 saturated carbocycles. The Balaban J connectivity index is 1.41. The Hall–Kier alpha value is -3.11. The summed E-state index contributed by atoms with van der Waals surface area (Å²) in [6.45, 7) is 4.98. The molecule has 3 aromatic carbocycles. The van der Waals surface area contributed by atoms with Gasteiger partial charge in [0.15, 0.2) is 0 Å². The van der Waals surface area contributed by atoms with E-state index < -0.39 is 0 Å². The highest BCUT2D eigenvalue weighted by Gasteiger charge is 2.10. The molecule has 0 saturated heterocycles. The third-order valence-electron chi connectivity index (χ3n) is 6.49. The maximum Gasteiger partial charge on any atom is 0.343 e. The molecule has 0 bridgehead atoms. The highest BCUT2D eigenvalue weighted by Crippen LogP contribution is 2.25. The van der Waals surface area contributed by atoms with Gasteiger partial charge in [-0.25, -0.2) is 4.79 Å². The van der Waals surface area contributed by atoms with Gasteiger partial charge in [-0.15, -0.1) is 0 Å². The summed E-state index contributed by atoms with van der Waals surface area (Å²) in [5.41, 5.74) is 3.80. The van der Waals surface area contributed by atoms with Gasteiger partial charge in [-0.1, -0.05) is 88.3 Å². The van der Waals surface area contributed by atoms with Gasteiger partial charge < -0.3 is 14.2 Å². The van der Waals surface area contributed by atoms with Crippen LogP contribution in [0.15, 0.2) is 72.8 Å². The highest BCUT2D eigenvalue weighted by atomic mass is 16.5. The molecule has 4 nitrogen and oxygen atoms in total. The van der Waals surface area contributed by atoms with Gasteiger partial charge in [-0.2, -0.15) is 0 Å². The van der Waals surface area contributed by atoms with Crippen molar-refractivity contribution in [3.05, 3.63) is 83.9 Å². The van der Waals surface area contributed by atoms with Gasteiger partial charge in [0, 0.05) is 7.11 Å². The lowest BCUT2D eigenvalue weighted by atomic mass is 10.0. The lowest BCUT2D eigenvalue weighted by Crippen LogP contribution is -2.08. The number of benzene rings is 3. The number of methoxy groups -OCH3 is 1. The third kappa shape index (κ3) is 8.83. The number of hydrogen-bond acceptors (Lipinski definition) is 4. The van der Waals surface area contributed by atoms with Crippen LogP contribution in [0.1, 0.15) is 87.2 Å². The van der Waals surface area contributed by atoms with Crippen LogP contribution in [0.25, 0.3) is 11.1 Å². The second-order valence-electron chi connectivity index (χ2n) is 9.26. The number of unbranched alkanes of at least 4 members (excludes halogenated alkanes) is 7. The summed E-state index contributed by atoms with van der Waals surface area (Å²) in [5.74, 6) is 0.920. The Morgan fingerprint density at radius 2 is 1.22 bits per heavy atom. The van der Waals surface area contributed by atoms with Crippen LogP contribution in [0.2, 0.25) is 0 Å².